The summed E-state index contributed by atoms with van der Waals surface area (Å²) in [5.74, 6) is -0.673. The standard InChI is InChI=1S/C12H15N3O4/c1-5(2)19-9-7-10(13-6(3)14-11(7)16)15(4)8(9)12(17)18/h5H,1-4H3,(H,17,18)(H,13,14,16). The quantitative estimate of drug-likeness (QED) is 0.864. The van der Waals surface area contributed by atoms with Crippen LogP contribution in [0.4, 0.5) is 0 Å². The number of nitrogens with zero attached hydrogens (tertiary/aromatic N) is 2. The predicted molar refractivity (Wildman–Crippen MR) is 68.8 cm³/mol. The van der Waals surface area contributed by atoms with Gasteiger partial charge < -0.3 is 19.4 Å². The first-order valence-electron chi connectivity index (χ1n) is 5.82. The molecule has 2 N–H and O–H groups in total. The van der Waals surface area contributed by atoms with E-state index in [9.17, 15) is 14.7 Å². The molecule has 0 aliphatic carbocycles. The first-order valence-corrected chi connectivity index (χ1v) is 5.82. The van der Waals surface area contributed by atoms with Crippen molar-refractivity contribution in [1.29, 1.82) is 0 Å². The van der Waals surface area contributed by atoms with Crippen molar-refractivity contribution in [3.8, 4) is 5.75 Å². The van der Waals surface area contributed by atoms with E-state index in [0.29, 0.717) is 11.5 Å². The van der Waals surface area contributed by atoms with E-state index in [-0.39, 0.29) is 22.9 Å². The molecule has 7 heteroatoms. The number of carboxylic acids is 1. The van der Waals surface area contributed by atoms with Gasteiger partial charge in [0.15, 0.2) is 17.1 Å². The summed E-state index contributed by atoms with van der Waals surface area (Å²) in [6.45, 7) is 5.16. The van der Waals surface area contributed by atoms with Crippen molar-refractivity contribution in [2.75, 3.05) is 0 Å². The monoisotopic (exact) mass is 265 g/mol. The molecule has 0 spiro atoms. The van der Waals surface area contributed by atoms with E-state index in [1.165, 1.54) is 4.57 Å². The molecule has 0 atom stereocenters. The molecule has 0 aliphatic heterocycles. The van der Waals surface area contributed by atoms with Gasteiger partial charge >= 0.3 is 5.97 Å². The summed E-state index contributed by atoms with van der Waals surface area (Å²) >= 11 is 0. The Labute approximate surface area is 108 Å². The van der Waals surface area contributed by atoms with E-state index in [1.807, 2.05) is 0 Å². The lowest BCUT2D eigenvalue weighted by molar-refractivity contribution is 0.0680. The van der Waals surface area contributed by atoms with Crippen molar-refractivity contribution in [1.82, 2.24) is 14.5 Å². The first-order chi connectivity index (χ1) is 8.82. The van der Waals surface area contributed by atoms with Crippen LogP contribution in [0.25, 0.3) is 11.0 Å². The van der Waals surface area contributed by atoms with Gasteiger partial charge in [-0.25, -0.2) is 9.78 Å². The molecule has 19 heavy (non-hydrogen) atoms. The second-order valence-electron chi connectivity index (χ2n) is 4.56. The van der Waals surface area contributed by atoms with Gasteiger partial charge in [0.2, 0.25) is 0 Å². The summed E-state index contributed by atoms with van der Waals surface area (Å²) in [5.41, 5.74) is -0.178. The number of aromatic amines is 1. The van der Waals surface area contributed by atoms with Crippen LogP contribution in [0, 0.1) is 6.92 Å². The fraction of sp³-hybridized carbons (Fsp3) is 0.417. The van der Waals surface area contributed by atoms with Crippen molar-refractivity contribution in [3.05, 3.63) is 21.9 Å². The van der Waals surface area contributed by atoms with E-state index >= 15 is 0 Å². The Hall–Kier alpha value is -2.31. The Balaban J connectivity index is 2.93. The number of ether oxygens (including phenoxy) is 1. The third-order valence-corrected chi connectivity index (χ3v) is 2.67. The lowest BCUT2D eigenvalue weighted by Crippen LogP contribution is -2.13. The molecule has 0 unspecified atom stereocenters. The highest BCUT2D eigenvalue weighted by atomic mass is 16.5. The van der Waals surface area contributed by atoms with Gasteiger partial charge in [-0.2, -0.15) is 0 Å². The molecule has 0 aromatic carbocycles. The molecule has 2 aromatic heterocycles. The SMILES string of the molecule is Cc1nc2c(c(OC(C)C)c(C(=O)O)n2C)c(=O)[nH]1. The van der Waals surface area contributed by atoms with Gasteiger partial charge in [-0.1, -0.05) is 0 Å². The van der Waals surface area contributed by atoms with Crippen LogP contribution < -0.4 is 10.3 Å². The third kappa shape index (κ3) is 2.07. The second-order valence-corrected chi connectivity index (χ2v) is 4.56. The van der Waals surface area contributed by atoms with E-state index in [0.717, 1.165) is 0 Å². The molecule has 7 nitrogen and oxygen atoms in total. The van der Waals surface area contributed by atoms with Crippen molar-refractivity contribution >= 4 is 17.0 Å². The van der Waals surface area contributed by atoms with Crippen LogP contribution in [0.5, 0.6) is 5.75 Å². The minimum Gasteiger partial charge on any atom is -0.488 e. The van der Waals surface area contributed by atoms with Gasteiger partial charge in [0, 0.05) is 7.05 Å². The zero-order valence-electron chi connectivity index (χ0n) is 11.1. The number of carbonyl (C=O) groups is 1. The van der Waals surface area contributed by atoms with Gasteiger partial charge in [0.05, 0.1) is 6.10 Å². The number of nitrogens with one attached hydrogen (secondary N) is 1. The lowest BCUT2D eigenvalue weighted by Gasteiger charge is -2.09. The molecule has 2 rings (SSSR count). The van der Waals surface area contributed by atoms with Crippen LogP contribution in [-0.2, 0) is 7.05 Å². The van der Waals surface area contributed by atoms with Crippen LogP contribution in [-0.4, -0.2) is 31.7 Å². The van der Waals surface area contributed by atoms with Crippen LogP contribution in [0.1, 0.15) is 30.2 Å². The van der Waals surface area contributed by atoms with E-state index in [2.05, 4.69) is 9.97 Å². The molecule has 0 aliphatic rings. The Morgan fingerprint density at radius 3 is 2.63 bits per heavy atom. The third-order valence-electron chi connectivity index (χ3n) is 2.67. The smallest absolute Gasteiger partial charge is 0.356 e. The number of aromatic carboxylic acids is 1. The van der Waals surface area contributed by atoms with Crippen LogP contribution in [0.15, 0.2) is 4.79 Å². The Kier molecular flexibility index (Phi) is 3.05. The number of fused-ring (bicyclic) bond motifs is 1. The maximum atomic E-state index is 12.0. The zero-order valence-corrected chi connectivity index (χ0v) is 11.1. The Bertz CT molecular complexity index is 712. The second kappa shape index (κ2) is 4.42. The zero-order chi connectivity index (χ0) is 14.3. The molecule has 0 radical (unpaired) electrons. The van der Waals surface area contributed by atoms with Gasteiger partial charge in [-0.3, -0.25) is 4.79 Å². The summed E-state index contributed by atoms with van der Waals surface area (Å²) in [5, 5.41) is 9.45. The van der Waals surface area contributed by atoms with E-state index in [1.54, 1.807) is 27.8 Å². The fourth-order valence-corrected chi connectivity index (χ4v) is 1.99. The Morgan fingerprint density at radius 2 is 2.11 bits per heavy atom. The summed E-state index contributed by atoms with van der Waals surface area (Å²) in [6, 6.07) is 0. The average molecular weight is 265 g/mol. The van der Waals surface area contributed by atoms with Gasteiger partial charge in [0.25, 0.3) is 5.56 Å². The van der Waals surface area contributed by atoms with Crippen molar-refractivity contribution in [2.45, 2.75) is 26.9 Å². The van der Waals surface area contributed by atoms with Crippen LogP contribution >= 0.6 is 0 Å². The highest BCUT2D eigenvalue weighted by molar-refractivity contribution is 5.99. The fourth-order valence-electron chi connectivity index (χ4n) is 1.99. The highest BCUT2D eigenvalue weighted by Gasteiger charge is 2.26. The normalized spacial score (nSPS) is 11.2. The minimum atomic E-state index is -1.16. The predicted octanol–water partition coefficient (Wildman–Crippen LogP) is 1.06. The largest absolute Gasteiger partial charge is 0.488 e. The molecular formula is C12H15N3O4. The summed E-state index contributed by atoms with van der Waals surface area (Å²) in [7, 11) is 1.55. The number of hydrogen-bond acceptors (Lipinski definition) is 4. The minimum absolute atomic E-state index is 0.0637. The molecule has 0 saturated carbocycles. The Morgan fingerprint density at radius 1 is 1.47 bits per heavy atom. The first kappa shape index (κ1) is 13.1. The number of hydrogen-bond donors (Lipinski definition) is 2. The molecule has 102 valence electrons. The maximum Gasteiger partial charge on any atom is 0.356 e. The molecule has 0 saturated heterocycles. The molecular weight excluding hydrogens is 250 g/mol. The highest BCUT2D eigenvalue weighted by Crippen LogP contribution is 2.29. The molecule has 0 bridgehead atoms. The number of carboxylic acid groups (broad SMARTS) is 1. The molecule has 0 amide bonds. The van der Waals surface area contributed by atoms with Gasteiger partial charge in [0.1, 0.15) is 11.2 Å². The molecule has 2 aromatic rings. The number of aryl methyl sites for hydroxylation is 2. The van der Waals surface area contributed by atoms with Gasteiger partial charge in [-0.15, -0.1) is 0 Å². The number of aromatic nitrogens is 3. The number of H-pyrrole nitrogens is 1. The van der Waals surface area contributed by atoms with Crippen LogP contribution in [0.3, 0.4) is 0 Å². The van der Waals surface area contributed by atoms with Crippen LogP contribution in [0.2, 0.25) is 0 Å². The van der Waals surface area contributed by atoms with Crippen molar-refractivity contribution in [2.24, 2.45) is 7.05 Å². The summed E-state index contributed by atoms with van der Waals surface area (Å²) < 4.78 is 6.86. The van der Waals surface area contributed by atoms with Crippen molar-refractivity contribution < 1.29 is 14.6 Å². The maximum absolute atomic E-state index is 12.0. The molecule has 2 heterocycles. The molecule has 0 fully saturated rings. The average Bonchev–Trinajstić information content (AvgIpc) is 2.51. The van der Waals surface area contributed by atoms with Gasteiger partial charge in [-0.05, 0) is 20.8 Å². The summed E-state index contributed by atoms with van der Waals surface area (Å²) in [4.78, 5) is 30.1. The van der Waals surface area contributed by atoms with E-state index in [4.69, 9.17) is 4.74 Å². The topological polar surface area (TPSA) is 97.2 Å². The lowest BCUT2D eigenvalue weighted by atomic mass is 10.3. The summed E-state index contributed by atoms with van der Waals surface area (Å²) in [6.07, 6.45) is -0.246. The number of rotatable bonds is 3. The van der Waals surface area contributed by atoms with Crippen molar-refractivity contribution in [3.63, 3.8) is 0 Å². The van der Waals surface area contributed by atoms with E-state index < -0.39 is 11.5 Å².